The maximum absolute atomic E-state index is 6.22. The monoisotopic (exact) mass is 294 g/mol. The standard InChI is InChI=1S/C15H19ClN2S/c1-10(2)8-17-9-14-11(3)18-15(19-14)12-6-4-5-7-13(12)16/h4-7,10,17H,8-9H2,1-3H3. The number of aryl methyl sites for hydroxylation is 1. The van der Waals surface area contributed by atoms with Gasteiger partial charge in [0, 0.05) is 17.0 Å². The van der Waals surface area contributed by atoms with Gasteiger partial charge in [-0.2, -0.15) is 0 Å². The molecule has 0 bridgehead atoms. The normalized spacial score (nSPS) is 11.2. The molecule has 102 valence electrons. The van der Waals surface area contributed by atoms with Gasteiger partial charge in [-0.1, -0.05) is 43.6 Å². The zero-order chi connectivity index (χ0) is 13.8. The number of nitrogens with one attached hydrogen (secondary N) is 1. The fourth-order valence-electron chi connectivity index (χ4n) is 1.82. The van der Waals surface area contributed by atoms with Crippen molar-refractivity contribution in [3.05, 3.63) is 39.9 Å². The van der Waals surface area contributed by atoms with E-state index in [0.29, 0.717) is 5.92 Å². The van der Waals surface area contributed by atoms with E-state index >= 15 is 0 Å². The van der Waals surface area contributed by atoms with Gasteiger partial charge in [0.2, 0.25) is 0 Å². The molecule has 1 heterocycles. The summed E-state index contributed by atoms with van der Waals surface area (Å²) in [6.45, 7) is 8.39. The molecule has 1 N–H and O–H groups in total. The van der Waals surface area contributed by atoms with Gasteiger partial charge < -0.3 is 5.32 Å². The largest absolute Gasteiger partial charge is 0.312 e. The molecule has 0 aliphatic carbocycles. The summed E-state index contributed by atoms with van der Waals surface area (Å²) in [7, 11) is 0. The van der Waals surface area contributed by atoms with Gasteiger partial charge in [-0.3, -0.25) is 0 Å². The zero-order valence-corrected chi connectivity index (χ0v) is 13.1. The molecule has 2 rings (SSSR count). The molecule has 0 spiro atoms. The van der Waals surface area contributed by atoms with Crippen LogP contribution in [0, 0.1) is 12.8 Å². The van der Waals surface area contributed by atoms with Gasteiger partial charge in [-0.25, -0.2) is 4.98 Å². The van der Waals surface area contributed by atoms with Crippen molar-refractivity contribution in [2.75, 3.05) is 6.54 Å². The molecular formula is C15H19ClN2S. The number of rotatable bonds is 5. The highest BCUT2D eigenvalue weighted by molar-refractivity contribution is 7.15. The van der Waals surface area contributed by atoms with Crippen LogP contribution in [-0.4, -0.2) is 11.5 Å². The lowest BCUT2D eigenvalue weighted by atomic mass is 10.2. The molecule has 0 aliphatic rings. The maximum atomic E-state index is 6.22. The Kier molecular flexibility index (Phi) is 4.97. The van der Waals surface area contributed by atoms with E-state index in [1.54, 1.807) is 11.3 Å². The molecule has 0 aliphatic heterocycles. The predicted octanol–water partition coefficient (Wildman–Crippen LogP) is 4.52. The van der Waals surface area contributed by atoms with E-state index in [1.807, 2.05) is 24.3 Å². The Morgan fingerprint density at radius 1 is 1.32 bits per heavy atom. The highest BCUT2D eigenvalue weighted by Gasteiger charge is 2.11. The number of hydrogen-bond acceptors (Lipinski definition) is 3. The lowest BCUT2D eigenvalue weighted by molar-refractivity contribution is 0.554. The minimum absolute atomic E-state index is 0.663. The Bertz CT molecular complexity index is 549. The van der Waals surface area contributed by atoms with Crippen LogP contribution in [0.2, 0.25) is 5.02 Å². The molecule has 0 unspecified atom stereocenters. The van der Waals surface area contributed by atoms with Crippen molar-refractivity contribution in [2.24, 2.45) is 5.92 Å². The third-order valence-corrected chi connectivity index (χ3v) is 4.36. The first-order valence-corrected chi connectivity index (χ1v) is 7.69. The van der Waals surface area contributed by atoms with Crippen LogP contribution >= 0.6 is 22.9 Å². The molecule has 0 fully saturated rings. The van der Waals surface area contributed by atoms with E-state index in [0.717, 1.165) is 34.4 Å². The number of halogens is 1. The predicted molar refractivity (Wildman–Crippen MR) is 83.8 cm³/mol. The summed E-state index contributed by atoms with van der Waals surface area (Å²) in [4.78, 5) is 5.92. The second-order valence-corrected chi connectivity index (χ2v) is 6.52. The van der Waals surface area contributed by atoms with Crippen molar-refractivity contribution in [2.45, 2.75) is 27.3 Å². The summed E-state index contributed by atoms with van der Waals surface area (Å²) in [5.41, 5.74) is 2.11. The van der Waals surface area contributed by atoms with E-state index < -0.39 is 0 Å². The summed E-state index contributed by atoms with van der Waals surface area (Å²) < 4.78 is 0. The van der Waals surface area contributed by atoms with E-state index in [2.05, 4.69) is 31.1 Å². The topological polar surface area (TPSA) is 24.9 Å². The summed E-state index contributed by atoms with van der Waals surface area (Å²) >= 11 is 7.94. The molecule has 4 heteroatoms. The van der Waals surface area contributed by atoms with Crippen LogP contribution in [-0.2, 0) is 6.54 Å². The summed E-state index contributed by atoms with van der Waals surface area (Å²) in [5, 5.41) is 5.22. The van der Waals surface area contributed by atoms with E-state index in [9.17, 15) is 0 Å². The van der Waals surface area contributed by atoms with Crippen LogP contribution < -0.4 is 5.32 Å². The molecule has 1 aromatic carbocycles. The maximum Gasteiger partial charge on any atom is 0.125 e. The van der Waals surface area contributed by atoms with Crippen LogP contribution in [0.15, 0.2) is 24.3 Å². The molecule has 2 aromatic rings. The Hall–Kier alpha value is -0.900. The van der Waals surface area contributed by atoms with Gasteiger partial charge in [0.15, 0.2) is 0 Å². The number of aromatic nitrogens is 1. The molecule has 0 radical (unpaired) electrons. The van der Waals surface area contributed by atoms with Crippen molar-refractivity contribution >= 4 is 22.9 Å². The van der Waals surface area contributed by atoms with Crippen molar-refractivity contribution in [1.82, 2.24) is 10.3 Å². The average molecular weight is 295 g/mol. The van der Waals surface area contributed by atoms with Crippen molar-refractivity contribution < 1.29 is 0 Å². The first-order chi connectivity index (χ1) is 9.08. The molecule has 2 nitrogen and oxygen atoms in total. The second kappa shape index (κ2) is 6.51. The van der Waals surface area contributed by atoms with Crippen molar-refractivity contribution in [3.63, 3.8) is 0 Å². The number of nitrogens with zero attached hydrogens (tertiary/aromatic N) is 1. The lowest BCUT2D eigenvalue weighted by Crippen LogP contribution is -2.18. The summed E-state index contributed by atoms with van der Waals surface area (Å²) in [6.07, 6.45) is 0. The highest BCUT2D eigenvalue weighted by Crippen LogP contribution is 2.32. The average Bonchev–Trinajstić information content (AvgIpc) is 2.71. The minimum Gasteiger partial charge on any atom is -0.312 e. The Balaban J connectivity index is 2.15. The smallest absolute Gasteiger partial charge is 0.125 e. The molecule has 19 heavy (non-hydrogen) atoms. The number of hydrogen-bond donors (Lipinski definition) is 1. The van der Waals surface area contributed by atoms with E-state index in [4.69, 9.17) is 11.6 Å². The first kappa shape index (κ1) is 14.5. The Morgan fingerprint density at radius 2 is 2.05 bits per heavy atom. The van der Waals surface area contributed by atoms with Gasteiger partial charge in [0.05, 0.1) is 10.7 Å². The zero-order valence-electron chi connectivity index (χ0n) is 11.5. The molecular weight excluding hydrogens is 276 g/mol. The SMILES string of the molecule is Cc1nc(-c2ccccc2Cl)sc1CNCC(C)C. The summed E-state index contributed by atoms with van der Waals surface area (Å²) in [6, 6.07) is 7.86. The fraction of sp³-hybridized carbons (Fsp3) is 0.400. The highest BCUT2D eigenvalue weighted by atomic mass is 35.5. The molecule has 0 saturated carbocycles. The van der Waals surface area contributed by atoms with Gasteiger partial charge >= 0.3 is 0 Å². The van der Waals surface area contributed by atoms with E-state index in [-0.39, 0.29) is 0 Å². The fourth-order valence-corrected chi connectivity index (χ4v) is 3.17. The van der Waals surface area contributed by atoms with Crippen LogP contribution in [0.1, 0.15) is 24.4 Å². The summed E-state index contributed by atoms with van der Waals surface area (Å²) in [5.74, 6) is 0.663. The third kappa shape index (κ3) is 3.78. The van der Waals surface area contributed by atoms with Crippen molar-refractivity contribution in [1.29, 1.82) is 0 Å². The molecule has 1 aromatic heterocycles. The van der Waals surface area contributed by atoms with Crippen LogP contribution in [0.5, 0.6) is 0 Å². The number of thiazole rings is 1. The van der Waals surface area contributed by atoms with Gasteiger partial charge in [-0.05, 0) is 25.5 Å². The molecule has 0 amide bonds. The van der Waals surface area contributed by atoms with Crippen LogP contribution in [0.3, 0.4) is 0 Å². The third-order valence-electron chi connectivity index (χ3n) is 2.84. The van der Waals surface area contributed by atoms with Crippen LogP contribution in [0.25, 0.3) is 10.6 Å². The lowest BCUT2D eigenvalue weighted by Gasteiger charge is -2.05. The van der Waals surface area contributed by atoms with Gasteiger partial charge in [-0.15, -0.1) is 11.3 Å². The number of benzene rings is 1. The Labute approximate surface area is 123 Å². The van der Waals surface area contributed by atoms with Crippen molar-refractivity contribution in [3.8, 4) is 10.6 Å². The minimum atomic E-state index is 0.663. The molecule has 0 saturated heterocycles. The second-order valence-electron chi connectivity index (χ2n) is 5.03. The van der Waals surface area contributed by atoms with Gasteiger partial charge in [0.25, 0.3) is 0 Å². The van der Waals surface area contributed by atoms with Crippen LogP contribution in [0.4, 0.5) is 0 Å². The van der Waals surface area contributed by atoms with E-state index in [1.165, 1.54) is 4.88 Å². The first-order valence-electron chi connectivity index (χ1n) is 6.50. The van der Waals surface area contributed by atoms with Gasteiger partial charge in [0.1, 0.15) is 5.01 Å². The molecule has 0 atom stereocenters. The quantitative estimate of drug-likeness (QED) is 0.877. The Morgan fingerprint density at radius 3 is 2.74 bits per heavy atom.